The lowest BCUT2D eigenvalue weighted by Gasteiger charge is -2.08. The average Bonchev–Trinajstić information content (AvgIpc) is 2.91. The lowest BCUT2D eigenvalue weighted by atomic mass is 10.1. The van der Waals surface area contributed by atoms with Gasteiger partial charge in [-0.3, -0.25) is 9.59 Å². The van der Waals surface area contributed by atoms with Crippen molar-refractivity contribution in [2.24, 2.45) is 0 Å². The van der Waals surface area contributed by atoms with Gasteiger partial charge < -0.3 is 10.3 Å². The molecule has 0 radical (unpaired) electrons. The number of nitrogens with zero attached hydrogens (tertiary/aromatic N) is 2. The molecule has 0 saturated heterocycles. The van der Waals surface area contributed by atoms with Crippen LogP contribution in [0.25, 0.3) is 0 Å². The SMILES string of the molecule is Cc1cc(C)c(C(=O)NCc2ncc3c(n2)CCC3)c(=O)[nH]1. The number of hydrogen-bond donors (Lipinski definition) is 2. The van der Waals surface area contributed by atoms with Crippen LogP contribution in [0.5, 0.6) is 0 Å². The van der Waals surface area contributed by atoms with E-state index < -0.39 is 5.91 Å². The first-order valence-corrected chi connectivity index (χ1v) is 7.37. The van der Waals surface area contributed by atoms with Crippen LogP contribution in [0.1, 0.15) is 45.1 Å². The van der Waals surface area contributed by atoms with E-state index >= 15 is 0 Å². The molecule has 1 amide bonds. The van der Waals surface area contributed by atoms with Crippen molar-refractivity contribution in [3.8, 4) is 0 Å². The van der Waals surface area contributed by atoms with Gasteiger partial charge in [-0.15, -0.1) is 0 Å². The van der Waals surface area contributed by atoms with Crippen molar-refractivity contribution < 1.29 is 4.79 Å². The highest BCUT2D eigenvalue weighted by molar-refractivity contribution is 5.95. The average molecular weight is 298 g/mol. The van der Waals surface area contributed by atoms with Gasteiger partial charge in [0.15, 0.2) is 0 Å². The fourth-order valence-corrected chi connectivity index (χ4v) is 2.82. The largest absolute Gasteiger partial charge is 0.345 e. The first-order valence-electron chi connectivity index (χ1n) is 7.37. The molecule has 2 heterocycles. The van der Waals surface area contributed by atoms with E-state index in [2.05, 4.69) is 20.3 Å². The van der Waals surface area contributed by atoms with Crippen LogP contribution < -0.4 is 10.9 Å². The third kappa shape index (κ3) is 2.77. The second kappa shape index (κ2) is 5.71. The van der Waals surface area contributed by atoms with Gasteiger partial charge >= 0.3 is 0 Å². The Morgan fingerprint density at radius 3 is 2.95 bits per heavy atom. The summed E-state index contributed by atoms with van der Waals surface area (Å²) in [6.07, 6.45) is 4.94. The number of amides is 1. The van der Waals surface area contributed by atoms with Crippen LogP contribution in [0.2, 0.25) is 0 Å². The second-order valence-corrected chi connectivity index (χ2v) is 5.63. The number of carbonyl (C=O) groups excluding carboxylic acids is 1. The summed E-state index contributed by atoms with van der Waals surface area (Å²) in [6, 6.07) is 1.78. The summed E-state index contributed by atoms with van der Waals surface area (Å²) in [7, 11) is 0. The summed E-state index contributed by atoms with van der Waals surface area (Å²) < 4.78 is 0. The lowest BCUT2D eigenvalue weighted by Crippen LogP contribution is -2.31. The minimum absolute atomic E-state index is 0.145. The first kappa shape index (κ1) is 14.4. The Balaban J connectivity index is 1.74. The summed E-state index contributed by atoms with van der Waals surface area (Å²) in [6.45, 7) is 3.76. The van der Waals surface area contributed by atoms with E-state index in [-0.39, 0.29) is 17.7 Å². The number of aromatic amines is 1. The van der Waals surface area contributed by atoms with Gasteiger partial charge in [0, 0.05) is 17.6 Å². The van der Waals surface area contributed by atoms with E-state index in [0.29, 0.717) is 11.4 Å². The standard InChI is InChI=1S/C16H18N4O2/c1-9-6-10(2)19-16(22)14(9)15(21)18-8-13-17-7-11-4-3-5-12(11)20-13/h6-7H,3-5,8H2,1-2H3,(H,18,21)(H,19,22). The summed E-state index contributed by atoms with van der Waals surface area (Å²) in [5, 5.41) is 2.72. The van der Waals surface area contributed by atoms with Crippen molar-refractivity contribution in [1.29, 1.82) is 0 Å². The van der Waals surface area contributed by atoms with Crippen LogP contribution in [0.15, 0.2) is 17.1 Å². The fourth-order valence-electron chi connectivity index (χ4n) is 2.82. The Morgan fingerprint density at radius 1 is 1.36 bits per heavy atom. The maximum Gasteiger partial charge on any atom is 0.261 e. The first-order chi connectivity index (χ1) is 10.5. The Kier molecular flexibility index (Phi) is 3.75. The van der Waals surface area contributed by atoms with Gasteiger partial charge in [0.2, 0.25) is 0 Å². The molecule has 1 aliphatic carbocycles. The molecule has 22 heavy (non-hydrogen) atoms. The highest BCUT2D eigenvalue weighted by Gasteiger charge is 2.16. The van der Waals surface area contributed by atoms with Crippen LogP contribution in [0, 0.1) is 13.8 Å². The normalized spacial score (nSPS) is 13.0. The van der Waals surface area contributed by atoms with E-state index in [9.17, 15) is 9.59 Å². The predicted molar refractivity (Wildman–Crippen MR) is 81.8 cm³/mol. The van der Waals surface area contributed by atoms with E-state index in [1.165, 1.54) is 5.56 Å². The number of hydrogen-bond acceptors (Lipinski definition) is 4. The number of aromatic nitrogens is 3. The highest BCUT2D eigenvalue weighted by atomic mass is 16.2. The van der Waals surface area contributed by atoms with Crippen LogP contribution in [-0.4, -0.2) is 20.9 Å². The molecule has 3 rings (SSSR count). The molecule has 1 aliphatic rings. The Morgan fingerprint density at radius 2 is 2.18 bits per heavy atom. The van der Waals surface area contributed by atoms with Crippen LogP contribution >= 0.6 is 0 Å². The predicted octanol–water partition coefficient (Wildman–Crippen LogP) is 1.20. The number of pyridine rings is 1. The second-order valence-electron chi connectivity index (χ2n) is 5.63. The van der Waals surface area contributed by atoms with E-state index in [1.807, 2.05) is 6.20 Å². The van der Waals surface area contributed by atoms with E-state index in [1.54, 1.807) is 19.9 Å². The van der Waals surface area contributed by atoms with Crippen molar-refractivity contribution in [2.75, 3.05) is 0 Å². The quantitative estimate of drug-likeness (QED) is 0.891. The molecule has 114 valence electrons. The molecule has 0 aliphatic heterocycles. The van der Waals surface area contributed by atoms with Gasteiger partial charge in [-0.25, -0.2) is 9.97 Å². The topological polar surface area (TPSA) is 87.7 Å². The summed E-state index contributed by atoms with van der Waals surface area (Å²) in [5.41, 5.74) is 3.44. The van der Waals surface area contributed by atoms with Crippen LogP contribution in [0.3, 0.4) is 0 Å². The zero-order valence-corrected chi connectivity index (χ0v) is 12.7. The molecule has 6 heteroatoms. The minimum Gasteiger partial charge on any atom is -0.345 e. The summed E-state index contributed by atoms with van der Waals surface area (Å²) in [4.78, 5) is 35.5. The molecule has 0 unspecified atom stereocenters. The summed E-state index contributed by atoms with van der Waals surface area (Å²) >= 11 is 0. The van der Waals surface area contributed by atoms with Gasteiger partial charge in [0.05, 0.1) is 6.54 Å². The molecule has 2 N–H and O–H groups in total. The third-order valence-electron chi connectivity index (χ3n) is 3.86. The molecule has 0 bridgehead atoms. The zero-order valence-electron chi connectivity index (χ0n) is 12.7. The Bertz CT molecular complexity index is 795. The monoisotopic (exact) mass is 298 g/mol. The van der Waals surface area contributed by atoms with Gasteiger partial charge in [-0.05, 0) is 50.3 Å². The number of nitrogens with one attached hydrogen (secondary N) is 2. The number of rotatable bonds is 3. The maximum atomic E-state index is 12.2. The van der Waals surface area contributed by atoms with Crippen molar-refractivity contribution in [3.63, 3.8) is 0 Å². The van der Waals surface area contributed by atoms with E-state index in [4.69, 9.17) is 0 Å². The molecule has 0 aromatic carbocycles. The van der Waals surface area contributed by atoms with Crippen molar-refractivity contribution in [1.82, 2.24) is 20.3 Å². The van der Waals surface area contributed by atoms with Crippen LogP contribution in [0.4, 0.5) is 0 Å². The molecule has 2 aromatic rings. The Labute approximate surface area is 128 Å². The molecular formula is C16H18N4O2. The highest BCUT2D eigenvalue weighted by Crippen LogP contribution is 2.18. The molecule has 0 fully saturated rings. The molecule has 0 saturated carbocycles. The van der Waals surface area contributed by atoms with Crippen molar-refractivity contribution in [3.05, 3.63) is 56.5 Å². The molecule has 2 aromatic heterocycles. The number of fused-ring (bicyclic) bond motifs is 1. The van der Waals surface area contributed by atoms with Crippen LogP contribution in [-0.2, 0) is 19.4 Å². The van der Waals surface area contributed by atoms with Gasteiger partial charge in [0.1, 0.15) is 11.4 Å². The molecular weight excluding hydrogens is 280 g/mol. The van der Waals surface area contributed by atoms with Gasteiger partial charge in [-0.1, -0.05) is 0 Å². The van der Waals surface area contributed by atoms with Crippen molar-refractivity contribution in [2.45, 2.75) is 39.7 Å². The minimum atomic E-state index is -0.400. The number of H-pyrrole nitrogens is 1. The lowest BCUT2D eigenvalue weighted by molar-refractivity contribution is 0.0947. The molecule has 0 spiro atoms. The van der Waals surface area contributed by atoms with Gasteiger partial charge in [0.25, 0.3) is 11.5 Å². The zero-order chi connectivity index (χ0) is 15.7. The Hall–Kier alpha value is -2.50. The molecule has 0 atom stereocenters. The fraction of sp³-hybridized carbons (Fsp3) is 0.375. The number of carbonyl (C=O) groups is 1. The smallest absolute Gasteiger partial charge is 0.261 e. The van der Waals surface area contributed by atoms with Crippen molar-refractivity contribution >= 4 is 5.91 Å². The molecule has 6 nitrogen and oxygen atoms in total. The van der Waals surface area contributed by atoms with Gasteiger partial charge in [-0.2, -0.15) is 0 Å². The van der Waals surface area contributed by atoms with E-state index in [0.717, 1.165) is 30.7 Å². The third-order valence-corrected chi connectivity index (χ3v) is 3.86. The maximum absolute atomic E-state index is 12.2. The summed E-state index contributed by atoms with van der Waals surface area (Å²) in [5.74, 6) is 0.179. The number of aryl methyl sites for hydroxylation is 4.